The summed E-state index contributed by atoms with van der Waals surface area (Å²) in [6.45, 7) is 0.913. The van der Waals surface area contributed by atoms with Gasteiger partial charge >= 0.3 is 5.65 Å². The second-order valence-corrected chi connectivity index (χ2v) is 6.11. The molecule has 0 saturated heterocycles. The second-order valence-electron chi connectivity index (χ2n) is 5.11. The Morgan fingerprint density at radius 1 is 1.30 bits per heavy atom. The fraction of sp³-hybridized carbons (Fsp3) is 0.133. The van der Waals surface area contributed by atoms with Crippen molar-refractivity contribution in [2.45, 2.75) is 6.54 Å². The van der Waals surface area contributed by atoms with Crippen LogP contribution >= 0.6 is 11.3 Å². The van der Waals surface area contributed by atoms with Gasteiger partial charge in [0.1, 0.15) is 16.9 Å². The molecule has 5 heteroatoms. The quantitative estimate of drug-likeness (QED) is 0.408. The Labute approximate surface area is 119 Å². The van der Waals surface area contributed by atoms with Crippen molar-refractivity contribution in [3.05, 3.63) is 42.4 Å². The number of thiazole rings is 1. The molecule has 0 aliphatic carbocycles. The zero-order chi connectivity index (χ0) is 13.3. The van der Waals surface area contributed by atoms with Crippen LogP contribution in [0.25, 0.3) is 32.0 Å². The summed E-state index contributed by atoms with van der Waals surface area (Å²) in [7, 11) is 2.11. The van der Waals surface area contributed by atoms with Crippen molar-refractivity contribution in [3.8, 4) is 10.7 Å². The zero-order valence-corrected chi connectivity index (χ0v) is 11.7. The van der Waals surface area contributed by atoms with Crippen molar-refractivity contribution < 1.29 is 4.57 Å². The summed E-state index contributed by atoms with van der Waals surface area (Å²) in [5.74, 6) is 0. The molecule has 0 radical (unpaired) electrons. The lowest BCUT2D eigenvalue weighted by molar-refractivity contribution is -0.644. The van der Waals surface area contributed by atoms with Gasteiger partial charge in [0.25, 0.3) is 0 Å². The first-order chi connectivity index (χ1) is 9.84. The van der Waals surface area contributed by atoms with Crippen LogP contribution in [0.3, 0.4) is 0 Å². The van der Waals surface area contributed by atoms with Gasteiger partial charge in [0, 0.05) is 18.0 Å². The normalized spacial score (nSPS) is 13.1. The van der Waals surface area contributed by atoms with Crippen LogP contribution in [0.1, 0.15) is 5.56 Å². The first kappa shape index (κ1) is 10.5. The fourth-order valence-corrected chi connectivity index (χ4v) is 4.49. The van der Waals surface area contributed by atoms with Gasteiger partial charge in [-0.15, -0.1) is 0 Å². The Bertz CT molecular complexity index is 996. The highest BCUT2D eigenvalue weighted by Crippen LogP contribution is 2.38. The molecule has 0 saturated carbocycles. The van der Waals surface area contributed by atoms with Crippen molar-refractivity contribution >= 4 is 32.6 Å². The zero-order valence-electron chi connectivity index (χ0n) is 10.9. The molecular weight excluding hydrogens is 268 g/mol. The summed E-state index contributed by atoms with van der Waals surface area (Å²) >= 11 is 1.83. The van der Waals surface area contributed by atoms with E-state index in [1.54, 1.807) is 0 Å². The average Bonchev–Trinajstić information content (AvgIpc) is 3.09. The smallest absolute Gasteiger partial charge is 0.260 e. The highest BCUT2D eigenvalue weighted by Gasteiger charge is 2.32. The summed E-state index contributed by atoms with van der Waals surface area (Å²) in [6.07, 6.45) is 5.68. The monoisotopic (exact) mass is 279 g/mol. The van der Waals surface area contributed by atoms with Crippen molar-refractivity contribution in [3.63, 3.8) is 0 Å². The molecule has 4 aromatic heterocycles. The van der Waals surface area contributed by atoms with E-state index in [4.69, 9.17) is 0 Å². The third-order valence-electron chi connectivity index (χ3n) is 4.05. The van der Waals surface area contributed by atoms with Crippen LogP contribution in [0.15, 0.2) is 36.8 Å². The molecule has 0 atom stereocenters. The van der Waals surface area contributed by atoms with E-state index >= 15 is 0 Å². The van der Waals surface area contributed by atoms with Gasteiger partial charge in [-0.3, -0.25) is 9.97 Å². The maximum Gasteiger partial charge on any atom is 0.301 e. The van der Waals surface area contributed by atoms with E-state index in [2.05, 4.69) is 38.3 Å². The lowest BCUT2D eigenvalue weighted by atomic mass is 10.2. The summed E-state index contributed by atoms with van der Waals surface area (Å²) in [6, 6.07) is 6.28. The minimum atomic E-state index is 0.913. The number of aryl methyl sites for hydroxylation is 1. The Hall–Kier alpha value is -2.27. The Morgan fingerprint density at radius 3 is 3.20 bits per heavy atom. The molecule has 4 aromatic rings. The van der Waals surface area contributed by atoms with E-state index in [9.17, 15) is 0 Å². The van der Waals surface area contributed by atoms with Gasteiger partial charge < -0.3 is 0 Å². The Kier molecular flexibility index (Phi) is 1.80. The molecule has 1 aliphatic heterocycles. The lowest BCUT2D eigenvalue weighted by Gasteiger charge is -1.92. The van der Waals surface area contributed by atoms with Gasteiger partial charge in [0.2, 0.25) is 5.01 Å². The summed E-state index contributed by atoms with van der Waals surface area (Å²) in [5, 5.41) is 2.54. The standard InChI is InChI=1S/C15H11N4S/c1-18-11-7-16-6-4-10(11)13-14(18)19-8-9-3-2-5-17-12(9)15(19)20-13/h2-7H,8H2,1H3/q+1. The molecule has 4 nitrogen and oxygen atoms in total. The van der Waals surface area contributed by atoms with E-state index in [0.29, 0.717) is 0 Å². The number of pyridine rings is 2. The maximum atomic E-state index is 4.55. The minimum absolute atomic E-state index is 0.913. The summed E-state index contributed by atoms with van der Waals surface area (Å²) in [4.78, 5) is 8.80. The van der Waals surface area contributed by atoms with E-state index < -0.39 is 0 Å². The van der Waals surface area contributed by atoms with Crippen LogP contribution in [0.4, 0.5) is 0 Å². The molecule has 0 spiro atoms. The molecule has 0 fully saturated rings. The highest BCUT2D eigenvalue weighted by molar-refractivity contribution is 7.22. The van der Waals surface area contributed by atoms with Crippen LogP contribution in [-0.2, 0) is 13.6 Å². The number of hydrogen-bond donors (Lipinski definition) is 0. The van der Waals surface area contributed by atoms with E-state index in [1.807, 2.05) is 36.0 Å². The molecule has 5 rings (SSSR count). The SMILES string of the molecule is Cn1c2cnccc2c2sc3[n+](c21)Cc1cccnc1-3. The first-order valence-corrected chi connectivity index (χ1v) is 7.35. The van der Waals surface area contributed by atoms with Crippen LogP contribution < -0.4 is 4.57 Å². The van der Waals surface area contributed by atoms with Gasteiger partial charge in [0.15, 0.2) is 5.52 Å². The van der Waals surface area contributed by atoms with Crippen molar-refractivity contribution in [1.82, 2.24) is 14.5 Å². The predicted molar refractivity (Wildman–Crippen MR) is 78.6 cm³/mol. The van der Waals surface area contributed by atoms with Gasteiger partial charge in [-0.2, -0.15) is 0 Å². The molecule has 0 bridgehead atoms. The molecule has 0 unspecified atom stereocenters. The van der Waals surface area contributed by atoms with E-state index in [0.717, 1.165) is 12.2 Å². The summed E-state index contributed by atoms with van der Waals surface area (Å²) in [5.41, 5.74) is 4.90. The molecule has 5 heterocycles. The van der Waals surface area contributed by atoms with Crippen LogP contribution in [0, 0.1) is 0 Å². The topological polar surface area (TPSA) is 34.6 Å². The van der Waals surface area contributed by atoms with Crippen molar-refractivity contribution in [2.24, 2.45) is 7.05 Å². The molecule has 96 valence electrons. The summed E-state index contributed by atoms with van der Waals surface area (Å²) < 4.78 is 5.94. The van der Waals surface area contributed by atoms with Crippen molar-refractivity contribution in [2.75, 3.05) is 0 Å². The van der Waals surface area contributed by atoms with Gasteiger partial charge in [-0.25, -0.2) is 9.13 Å². The second kappa shape index (κ2) is 3.43. The van der Waals surface area contributed by atoms with Gasteiger partial charge in [-0.1, -0.05) is 17.4 Å². The average molecular weight is 279 g/mol. The highest BCUT2D eigenvalue weighted by atomic mass is 32.1. The molecule has 1 aliphatic rings. The molecule has 20 heavy (non-hydrogen) atoms. The molecule has 0 N–H and O–H groups in total. The minimum Gasteiger partial charge on any atom is -0.260 e. The molecule has 0 amide bonds. The number of hydrogen-bond acceptors (Lipinski definition) is 3. The van der Waals surface area contributed by atoms with E-state index in [1.165, 1.54) is 31.8 Å². The number of aromatic nitrogens is 4. The third-order valence-corrected chi connectivity index (χ3v) is 5.26. The van der Waals surface area contributed by atoms with E-state index in [-0.39, 0.29) is 0 Å². The maximum absolute atomic E-state index is 4.55. The Balaban J connectivity index is 1.97. The molecule has 0 aromatic carbocycles. The van der Waals surface area contributed by atoms with Crippen LogP contribution in [-0.4, -0.2) is 14.5 Å². The fourth-order valence-electron chi connectivity index (χ4n) is 3.14. The number of nitrogens with zero attached hydrogens (tertiary/aromatic N) is 4. The third kappa shape index (κ3) is 1.10. The lowest BCUT2D eigenvalue weighted by Crippen LogP contribution is -2.32. The largest absolute Gasteiger partial charge is 0.301 e. The van der Waals surface area contributed by atoms with Crippen molar-refractivity contribution in [1.29, 1.82) is 0 Å². The van der Waals surface area contributed by atoms with Gasteiger partial charge in [0.05, 0.1) is 18.6 Å². The number of fused-ring (bicyclic) bond motifs is 7. The molecular formula is C15H11N4S+. The first-order valence-electron chi connectivity index (χ1n) is 6.53. The number of rotatable bonds is 0. The van der Waals surface area contributed by atoms with Crippen LogP contribution in [0.2, 0.25) is 0 Å². The van der Waals surface area contributed by atoms with Gasteiger partial charge in [-0.05, 0) is 12.1 Å². The van der Waals surface area contributed by atoms with Crippen LogP contribution in [0.5, 0.6) is 0 Å². The predicted octanol–water partition coefficient (Wildman–Crippen LogP) is 2.50. The Morgan fingerprint density at radius 2 is 2.25 bits per heavy atom.